The zero-order valence-electron chi connectivity index (χ0n) is 14.8. The van der Waals surface area contributed by atoms with E-state index >= 15 is 0 Å². The molecule has 2 N–H and O–H groups in total. The van der Waals surface area contributed by atoms with E-state index in [1.807, 2.05) is 0 Å². The van der Waals surface area contributed by atoms with Gasteiger partial charge < -0.3 is 15.2 Å². The number of hydrogen-bond acceptors (Lipinski definition) is 5. The number of rotatable bonds is 5. The number of aliphatic hydroxyl groups excluding tert-OH is 1. The quantitative estimate of drug-likeness (QED) is 0.767. The van der Waals surface area contributed by atoms with E-state index in [1.54, 1.807) is 0 Å². The molecule has 1 saturated carbocycles. The number of nitrogens with zero attached hydrogens (tertiary/aromatic N) is 2. The number of benzene rings is 1. The predicted molar refractivity (Wildman–Crippen MR) is 98.7 cm³/mol. The number of ether oxygens (including phenoxy) is 1. The third-order valence-corrected chi connectivity index (χ3v) is 5.31. The van der Waals surface area contributed by atoms with Crippen LogP contribution >= 0.6 is 11.6 Å². The molecule has 1 aromatic heterocycles. The number of carbonyl (C=O) groups excluding carboxylic acids is 1. The minimum Gasteiger partial charge on any atom is -0.480 e. The molecule has 0 unspecified atom stereocenters. The van der Waals surface area contributed by atoms with Crippen LogP contribution < -0.4 is 5.32 Å². The van der Waals surface area contributed by atoms with Crippen molar-refractivity contribution in [1.29, 1.82) is 0 Å². The van der Waals surface area contributed by atoms with E-state index in [9.17, 15) is 23.1 Å². The van der Waals surface area contributed by atoms with Gasteiger partial charge in [0.2, 0.25) is 0 Å². The average Bonchev–Trinajstić information content (AvgIpc) is 3.49. The first-order chi connectivity index (χ1) is 13.9. The number of alkyl halides is 2. The highest BCUT2D eigenvalue weighted by molar-refractivity contribution is 6.30. The number of halogens is 4. The van der Waals surface area contributed by atoms with Crippen LogP contribution in [0.15, 0.2) is 35.5 Å². The monoisotopic (exact) mass is 425 g/mol. The molecule has 10 heteroatoms. The summed E-state index contributed by atoms with van der Waals surface area (Å²) in [6.45, 7) is -0.475. The van der Waals surface area contributed by atoms with E-state index in [0.29, 0.717) is 6.42 Å². The van der Waals surface area contributed by atoms with Gasteiger partial charge in [-0.3, -0.25) is 4.79 Å². The minimum atomic E-state index is -2.96. The second-order valence-corrected chi connectivity index (χ2v) is 7.28. The topological polar surface area (TPSA) is 83.8 Å². The number of hydrogen-bond donors (Lipinski definition) is 2. The third kappa shape index (κ3) is 3.34. The molecule has 1 aromatic carbocycles. The van der Waals surface area contributed by atoms with Crippen molar-refractivity contribution in [3.05, 3.63) is 58.1 Å². The molecule has 2 heterocycles. The van der Waals surface area contributed by atoms with Crippen LogP contribution in [0.3, 0.4) is 0 Å². The van der Waals surface area contributed by atoms with Crippen molar-refractivity contribution in [1.82, 2.24) is 4.98 Å². The SMILES string of the molecule is O=C(Nc1ccc(F)c([C@@]2(C(F)F)N=CO[C@@H]3C[C@@H]32)c1)c1ncc(Cl)cc1CO. The number of aliphatic hydroxyl groups is 1. The molecule has 152 valence electrons. The van der Waals surface area contributed by atoms with Crippen molar-refractivity contribution < 1.29 is 27.8 Å². The summed E-state index contributed by atoms with van der Waals surface area (Å²) in [6, 6.07) is 4.78. The Labute approximate surface area is 168 Å². The Hall–Kier alpha value is -2.65. The molecule has 2 aliphatic rings. The van der Waals surface area contributed by atoms with Crippen LogP contribution in [-0.2, 0) is 16.9 Å². The first kappa shape index (κ1) is 19.7. The number of carbonyl (C=O) groups is 1. The molecular weight excluding hydrogens is 411 g/mol. The van der Waals surface area contributed by atoms with Gasteiger partial charge in [-0.05, 0) is 30.7 Å². The zero-order valence-corrected chi connectivity index (χ0v) is 15.5. The van der Waals surface area contributed by atoms with Gasteiger partial charge in [0.1, 0.15) is 17.6 Å². The summed E-state index contributed by atoms with van der Waals surface area (Å²) in [5.74, 6) is -2.20. The Morgan fingerprint density at radius 1 is 1.41 bits per heavy atom. The lowest BCUT2D eigenvalue weighted by molar-refractivity contribution is 0.0203. The van der Waals surface area contributed by atoms with Crippen LogP contribution in [-0.4, -0.2) is 34.9 Å². The first-order valence-corrected chi connectivity index (χ1v) is 9.08. The number of nitrogens with one attached hydrogen (secondary N) is 1. The number of amides is 1. The van der Waals surface area contributed by atoms with Crippen molar-refractivity contribution in [3.8, 4) is 0 Å². The summed E-state index contributed by atoms with van der Waals surface area (Å²) in [5, 5.41) is 12.1. The second-order valence-electron chi connectivity index (χ2n) is 6.85. The van der Waals surface area contributed by atoms with Crippen molar-refractivity contribution in [2.24, 2.45) is 10.9 Å². The smallest absolute Gasteiger partial charge is 0.274 e. The van der Waals surface area contributed by atoms with Crippen LogP contribution in [0, 0.1) is 11.7 Å². The summed E-state index contributed by atoms with van der Waals surface area (Å²) in [4.78, 5) is 20.3. The highest BCUT2D eigenvalue weighted by atomic mass is 35.5. The number of anilines is 1. The van der Waals surface area contributed by atoms with Gasteiger partial charge in [0.15, 0.2) is 11.9 Å². The first-order valence-electron chi connectivity index (χ1n) is 8.70. The fourth-order valence-corrected chi connectivity index (χ4v) is 3.77. The van der Waals surface area contributed by atoms with Gasteiger partial charge in [-0.25, -0.2) is 23.1 Å². The number of pyridine rings is 1. The van der Waals surface area contributed by atoms with E-state index in [-0.39, 0.29) is 27.5 Å². The fraction of sp³-hybridized carbons (Fsp3) is 0.316. The second kappa shape index (κ2) is 7.31. The van der Waals surface area contributed by atoms with Gasteiger partial charge in [0.25, 0.3) is 12.3 Å². The molecule has 4 rings (SSSR count). The lowest BCUT2D eigenvalue weighted by Crippen LogP contribution is -2.39. The van der Waals surface area contributed by atoms with Gasteiger partial charge in [-0.15, -0.1) is 0 Å². The van der Waals surface area contributed by atoms with E-state index < -0.39 is 42.3 Å². The van der Waals surface area contributed by atoms with Crippen molar-refractivity contribution in [2.75, 3.05) is 5.32 Å². The Kier molecular flexibility index (Phi) is 4.95. The maximum absolute atomic E-state index is 14.6. The molecule has 0 bridgehead atoms. The lowest BCUT2D eigenvalue weighted by Gasteiger charge is -2.32. The lowest BCUT2D eigenvalue weighted by atomic mass is 9.84. The molecule has 2 aromatic rings. The van der Waals surface area contributed by atoms with Gasteiger partial charge in [0, 0.05) is 28.9 Å². The van der Waals surface area contributed by atoms with Gasteiger partial charge in [0.05, 0.1) is 11.6 Å². The van der Waals surface area contributed by atoms with Gasteiger partial charge in [-0.2, -0.15) is 0 Å². The third-order valence-electron chi connectivity index (χ3n) is 5.11. The summed E-state index contributed by atoms with van der Waals surface area (Å²) in [5.41, 5.74) is -2.19. The maximum Gasteiger partial charge on any atom is 0.274 e. The number of aromatic nitrogens is 1. The maximum atomic E-state index is 14.6. The Morgan fingerprint density at radius 3 is 2.93 bits per heavy atom. The molecule has 6 nitrogen and oxygen atoms in total. The Bertz CT molecular complexity index is 1000. The van der Waals surface area contributed by atoms with E-state index in [1.165, 1.54) is 18.3 Å². The standard InChI is InChI=1S/C19H15ClF3N3O3/c20-10-3-9(7-27)16(24-6-10)17(28)26-11-1-2-14(21)12(4-11)19(18(22)23)13-5-15(13)29-8-25-19/h1-4,6,8,13,15,18,27H,5,7H2,(H,26,28)/t13-,15+,19+/m0/s1. The van der Waals surface area contributed by atoms with Gasteiger partial charge >= 0.3 is 0 Å². The summed E-state index contributed by atoms with van der Waals surface area (Å²) in [7, 11) is 0. The highest BCUT2D eigenvalue weighted by Gasteiger charge is 2.63. The number of fused-ring (bicyclic) bond motifs is 1. The molecule has 3 atom stereocenters. The highest BCUT2D eigenvalue weighted by Crippen LogP contribution is 2.55. The molecule has 0 saturated heterocycles. The Morgan fingerprint density at radius 2 is 2.21 bits per heavy atom. The number of aliphatic imine (C=N–C) groups is 1. The molecule has 1 fully saturated rings. The zero-order chi connectivity index (χ0) is 20.8. The molecule has 29 heavy (non-hydrogen) atoms. The van der Waals surface area contributed by atoms with E-state index in [2.05, 4.69) is 15.3 Å². The van der Waals surface area contributed by atoms with Crippen molar-refractivity contribution in [2.45, 2.75) is 31.1 Å². The molecule has 1 aliphatic heterocycles. The van der Waals surface area contributed by atoms with Crippen LogP contribution in [0.5, 0.6) is 0 Å². The van der Waals surface area contributed by atoms with E-state index in [0.717, 1.165) is 18.5 Å². The van der Waals surface area contributed by atoms with Crippen LogP contribution in [0.4, 0.5) is 18.9 Å². The molecule has 1 aliphatic carbocycles. The summed E-state index contributed by atoms with van der Waals surface area (Å²) < 4.78 is 47.8. The summed E-state index contributed by atoms with van der Waals surface area (Å²) >= 11 is 5.81. The Balaban J connectivity index is 1.68. The summed E-state index contributed by atoms with van der Waals surface area (Å²) in [6.07, 6.45) is -0.867. The van der Waals surface area contributed by atoms with E-state index in [4.69, 9.17) is 16.3 Å². The van der Waals surface area contributed by atoms with Crippen molar-refractivity contribution in [3.63, 3.8) is 0 Å². The van der Waals surface area contributed by atoms with Crippen LogP contribution in [0.2, 0.25) is 5.02 Å². The minimum absolute atomic E-state index is 0.0855. The molecule has 0 spiro atoms. The predicted octanol–water partition coefficient (Wildman–Crippen LogP) is 3.53. The van der Waals surface area contributed by atoms with Gasteiger partial charge in [-0.1, -0.05) is 11.6 Å². The largest absolute Gasteiger partial charge is 0.480 e. The van der Waals surface area contributed by atoms with Crippen molar-refractivity contribution >= 4 is 29.6 Å². The molecular formula is C19H15ClF3N3O3. The normalized spacial score (nSPS) is 24.8. The van der Waals surface area contributed by atoms with Crippen LogP contribution in [0.1, 0.15) is 28.0 Å². The average molecular weight is 426 g/mol. The molecule has 0 radical (unpaired) electrons. The fourth-order valence-electron chi connectivity index (χ4n) is 3.59. The molecule has 1 amide bonds. The van der Waals surface area contributed by atoms with Crippen LogP contribution in [0.25, 0.3) is 0 Å².